The molecule has 1 atom stereocenters. The zero-order valence-electron chi connectivity index (χ0n) is 13.3. The number of aryl methyl sites for hydroxylation is 1. The van der Waals surface area contributed by atoms with Crippen LogP contribution in [0.4, 0.5) is 5.69 Å². The third-order valence-corrected chi connectivity index (χ3v) is 6.01. The Morgan fingerprint density at radius 1 is 1.04 bits per heavy atom. The van der Waals surface area contributed by atoms with Crippen molar-refractivity contribution in [2.45, 2.75) is 24.8 Å². The van der Waals surface area contributed by atoms with Gasteiger partial charge < -0.3 is 5.32 Å². The van der Waals surface area contributed by atoms with E-state index in [1.165, 1.54) is 25.1 Å². The van der Waals surface area contributed by atoms with Gasteiger partial charge in [-0.05, 0) is 49.7 Å². The molecule has 2 aromatic carbocycles. The minimum Gasteiger partial charge on any atom is -0.325 e. The fourth-order valence-electron chi connectivity index (χ4n) is 1.95. The molecule has 9 heteroatoms. The van der Waals surface area contributed by atoms with Gasteiger partial charge in [0.2, 0.25) is 15.9 Å². The monoisotopic (exact) mass is 420 g/mol. The van der Waals surface area contributed by atoms with Gasteiger partial charge in [-0.15, -0.1) is 0 Å². The Kier molecular flexibility index (Phi) is 6.35. The molecular weight excluding hydrogens is 407 g/mol. The van der Waals surface area contributed by atoms with Gasteiger partial charge in [-0.2, -0.15) is 4.72 Å². The molecule has 1 unspecified atom stereocenters. The maximum atomic E-state index is 12.4. The first kappa shape index (κ1) is 20.0. The van der Waals surface area contributed by atoms with E-state index in [0.717, 1.165) is 5.56 Å². The molecule has 1 amide bonds. The van der Waals surface area contributed by atoms with E-state index in [9.17, 15) is 13.2 Å². The number of carbonyl (C=O) groups is 1. The van der Waals surface area contributed by atoms with Crippen molar-refractivity contribution in [3.05, 3.63) is 57.0 Å². The molecule has 0 aliphatic rings. The molecule has 0 spiro atoms. The topological polar surface area (TPSA) is 75.3 Å². The van der Waals surface area contributed by atoms with E-state index in [-0.39, 0.29) is 14.9 Å². The standard InChI is InChI=1S/C16H15Cl3N2O3S/c1-9-3-5-12(8-14(9)19)20-16(22)10(2)21-25(23,24)15-7-11(17)4-6-13(15)18/h3-8,10,21H,1-2H3,(H,20,22). The maximum absolute atomic E-state index is 12.4. The molecule has 5 nitrogen and oxygen atoms in total. The second kappa shape index (κ2) is 7.93. The van der Waals surface area contributed by atoms with Crippen LogP contribution in [-0.4, -0.2) is 20.4 Å². The summed E-state index contributed by atoms with van der Waals surface area (Å²) in [4.78, 5) is 12.0. The van der Waals surface area contributed by atoms with Gasteiger partial charge in [0.25, 0.3) is 0 Å². The SMILES string of the molecule is Cc1ccc(NC(=O)C(C)NS(=O)(=O)c2cc(Cl)ccc2Cl)cc1Cl. The second-order valence-corrected chi connectivity index (χ2v) is 8.30. The summed E-state index contributed by atoms with van der Waals surface area (Å²) in [5, 5.41) is 3.33. The summed E-state index contributed by atoms with van der Waals surface area (Å²) in [5.74, 6) is -0.540. The molecule has 134 valence electrons. The predicted molar refractivity (Wildman–Crippen MR) is 101 cm³/mol. The Morgan fingerprint density at radius 2 is 1.72 bits per heavy atom. The van der Waals surface area contributed by atoms with E-state index in [4.69, 9.17) is 34.8 Å². The number of anilines is 1. The van der Waals surface area contributed by atoms with Crippen LogP contribution in [0.25, 0.3) is 0 Å². The number of nitrogens with one attached hydrogen (secondary N) is 2. The molecule has 25 heavy (non-hydrogen) atoms. The Hall–Kier alpha value is -1.31. The van der Waals surface area contributed by atoms with Crippen molar-refractivity contribution in [1.29, 1.82) is 0 Å². The highest BCUT2D eigenvalue weighted by molar-refractivity contribution is 7.89. The number of carbonyl (C=O) groups excluding carboxylic acids is 1. The van der Waals surface area contributed by atoms with Crippen LogP contribution in [0.2, 0.25) is 15.1 Å². The van der Waals surface area contributed by atoms with Crippen molar-refractivity contribution in [1.82, 2.24) is 4.72 Å². The second-order valence-electron chi connectivity index (χ2n) is 5.37. The Bertz CT molecular complexity index is 917. The minimum absolute atomic E-state index is 0.00910. The number of hydrogen-bond acceptors (Lipinski definition) is 3. The normalized spacial score (nSPS) is 12.7. The molecule has 0 bridgehead atoms. The zero-order valence-corrected chi connectivity index (χ0v) is 16.4. The van der Waals surface area contributed by atoms with E-state index in [0.29, 0.717) is 10.7 Å². The van der Waals surface area contributed by atoms with Crippen LogP contribution in [0.1, 0.15) is 12.5 Å². The predicted octanol–water partition coefficient (Wildman–Crippen LogP) is 4.26. The Labute approximate surface area is 161 Å². The van der Waals surface area contributed by atoms with Crippen LogP contribution in [0.5, 0.6) is 0 Å². The highest BCUT2D eigenvalue weighted by Crippen LogP contribution is 2.25. The van der Waals surface area contributed by atoms with Gasteiger partial charge >= 0.3 is 0 Å². The van der Waals surface area contributed by atoms with E-state index in [2.05, 4.69) is 10.0 Å². The first-order valence-corrected chi connectivity index (χ1v) is 9.76. The van der Waals surface area contributed by atoms with Crippen LogP contribution in [-0.2, 0) is 14.8 Å². The van der Waals surface area contributed by atoms with Gasteiger partial charge in [-0.25, -0.2) is 8.42 Å². The largest absolute Gasteiger partial charge is 0.325 e. The third-order valence-electron chi connectivity index (χ3n) is 3.35. The quantitative estimate of drug-likeness (QED) is 0.757. The van der Waals surface area contributed by atoms with Crippen LogP contribution in [0.15, 0.2) is 41.3 Å². The molecule has 0 aromatic heterocycles. The number of rotatable bonds is 5. The fourth-order valence-corrected chi connectivity index (χ4v) is 4.10. The molecule has 2 N–H and O–H groups in total. The van der Waals surface area contributed by atoms with Gasteiger partial charge in [0, 0.05) is 15.7 Å². The van der Waals surface area contributed by atoms with Crippen LogP contribution in [0.3, 0.4) is 0 Å². The summed E-state index contributed by atoms with van der Waals surface area (Å²) >= 11 is 17.7. The first-order valence-electron chi connectivity index (χ1n) is 7.14. The van der Waals surface area contributed by atoms with Crippen LogP contribution >= 0.6 is 34.8 Å². The maximum Gasteiger partial charge on any atom is 0.242 e. The molecule has 0 saturated carbocycles. The van der Waals surface area contributed by atoms with Crippen molar-refractivity contribution >= 4 is 56.4 Å². The molecule has 0 heterocycles. The lowest BCUT2D eigenvalue weighted by Crippen LogP contribution is -2.41. The lowest BCUT2D eigenvalue weighted by atomic mass is 10.2. The van der Waals surface area contributed by atoms with Crippen molar-refractivity contribution in [2.75, 3.05) is 5.32 Å². The van der Waals surface area contributed by atoms with E-state index in [1.54, 1.807) is 18.2 Å². The van der Waals surface area contributed by atoms with Crippen molar-refractivity contribution in [2.24, 2.45) is 0 Å². The number of sulfonamides is 1. The van der Waals surface area contributed by atoms with Crippen molar-refractivity contribution in [3.8, 4) is 0 Å². The van der Waals surface area contributed by atoms with Gasteiger partial charge in [-0.1, -0.05) is 40.9 Å². The van der Waals surface area contributed by atoms with Gasteiger partial charge in [-0.3, -0.25) is 4.79 Å². The molecule has 2 rings (SSSR count). The van der Waals surface area contributed by atoms with Crippen molar-refractivity contribution < 1.29 is 13.2 Å². The fraction of sp³-hybridized carbons (Fsp3) is 0.188. The highest BCUT2D eigenvalue weighted by Gasteiger charge is 2.24. The number of hydrogen-bond donors (Lipinski definition) is 2. The van der Waals surface area contributed by atoms with E-state index < -0.39 is 22.0 Å². The summed E-state index contributed by atoms with van der Waals surface area (Å²) in [6, 6.07) is 8.03. The molecule has 0 fully saturated rings. The van der Waals surface area contributed by atoms with Crippen LogP contribution < -0.4 is 10.0 Å². The lowest BCUT2D eigenvalue weighted by Gasteiger charge is -2.15. The smallest absolute Gasteiger partial charge is 0.242 e. The van der Waals surface area contributed by atoms with Gasteiger partial charge in [0.05, 0.1) is 11.1 Å². The number of halogens is 3. The lowest BCUT2D eigenvalue weighted by molar-refractivity contribution is -0.117. The van der Waals surface area contributed by atoms with E-state index in [1.807, 2.05) is 6.92 Å². The Balaban J connectivity index is 2.14. The summed E-state index contributed by atoms with van der Waals surface area (Å²) in [5.41, 5.74) is 1.33. The first-order chi connectivity index (χ1) is 11.6. The summed E-state index contributed by atoms with van der Waals surface area (Å²) < 4.78 is 27.1. The van der Waals surface area contributed by atoms with E-state index >= 15 is 0 Å². The summed E-state index contributed by atoms with van der Waals surface area (Å²) in [7, 11) is -4.02. The molecule has 0 aliphatic heterocycles. The van der Waals surface area contributed by atoms with Crippen molar-refractivity contribution in [3.63, 3.8) is 0 Å². The number of benzene rings is 2. The molecule has 0 aliphatic carbocycles. The molecule has 0 radical (unpaired) electrons. The third kappa shape index (κ3) is 5.09. The molecular formula is C16H15Cl3N2O3S. The van der Waals surface area contributed by atoms with Gasteiger partial charge in [0.1, 0.15) is 4.90 Å². The Morgan fingerprint density at radius 3 is 2.36 bits per heavy atom. The van der Waals surface area contributed by atoms with Crippen LogP contribution in [0, 0.1) is 6.92 Å². The molecule has 0 saturated heterocycles. The zero-order chi connectivity index (χ0) is 18.8. The summed E-state index contributed by atoms with van der Waals surface area (Å²) in [6.07, 6.45) is 0. The highest BCUT2D eigenvalue weighted by atomic mass is 35.5. The van der Waals surface area contributed by atoms with Gasteiger partial charge in [0.15, 0.2) is 0 Å². The molecule has 2 aromatic rings. The number of amides is 1. The minimum atomic E-state index is -4.02. The average Bonchev–Trinajstić information content (AvgIpc) is 2.52. The summed E-state index contributed by atoms with van der Waals surface area (Å²) in [6.45, 7) is 3.25. The average molecular weight is 422 g/mol.